The van der Waals surface area contributed by atoms with Gasteiger partial charge in [-0.05, 0) is 46.6 Å². The fraction of sp³-hybridized carbons (Fsp3) is 0.176. The quantitative estimate of drug-likeness (QED) is 0.504. The molecular weight excluding hydrogens is 396 g/mol. The molecule has 2 heterocycles. The van der Waals surface area contributed by atoms with E-state index in [0.29, 0.717) is 12.5 Å². The van der Waals surface area contributed by atoms with Crippen molar-refractivity contribution in [2.75, 3.05) is 6.61 Å². The van der Waals surface area contributed by atoms with Gasteiger partial charge in [-0.25, -0.2) is 4.98 Å². The van der Waals surface area contributed by atoms with Gasteiger partial charge in [-0.2, -0.15) is 0 Å². The van der Waals surface area contributed by atoms with Gasteiger partial charge in [-0.15, -0.1) is 0 Å². The molecule has 3 aromatic rings. The third kappa shape index (κ3) is 3.62. The lowest BCUT2D eigenvalue weighted by atomic mass is 10.2. The van der Waals surface area contributed by atoms with Crippen molar-refractivity contribution in [1.29, 1.82) is 0 Å². The van der Waals surface area contributed by atoms with Gasteiger partial charge in [0.2, 0.25) is 5.88 Å². The monoisotopic (exact) mass is 408 g/mol. The molecule has 0 spiro atoms. The maximum Gasteiger partial charge on any atom is 0.229 e. The molecule has 0 radical (unpaired) electrons. The molecule has 0 saturated carbocycles. The molecule has 0 N–H and O–H groups in total. The number of rotatable bonds is 5. The van der Waals surface area contributed by atoms with E-state index in [1.54, 1.807) is 18.0 Å². The van der Waals surface area contributed by atoms with Crippen LogP contribution in [-0.4, -0.2) is 16.6 Å². The Hall–Kier alpha value is -1.30. The average Bonchev–Trinajstić information content (AvgIpc) is 2.58. The zero-order valence-electron chi connectivity index (χ0n) is 12.4. The number of nitrogens with zero attached hydrogens (tertiary/aromatic N) is 2. The standard InChI is InChI=1S/C17H14BrClN2OS/c1-2-22-16-14(18)12-7-5-9-20-15(12)17(21-16)23-10-11-6-3-4-8-13(11)19/h3-9H,2,10H2,1H3. The Morgan fingerprint density at radius 2 is 2.04 bits per heavy atom. The largest absolute Gasteiger partial charge is 0.477 e. The Morgan fingerprint density at radius 3 is 2.83 bits per heavy atom. The maximum absolute atomic E-state index is 6.23. The molecule has 118 valence electrons. The van der Waals surface area contributed by atoms with Crippen LogP contribution in [-0.2, 0) is 5.75 Å². The molecule has 6 heteroatoms. The molecule has 0 aliphatic heterocycles. The molecule has 2 aromatic heterocycles. The molecule has 0 unspecified atom stereocenters. The van der Waals surface area contributed by atoms with E-state index in [2.05, 4.69) is 25.9 Å². The van der Waals surface area contributed by atoms with Crippen LogP contribution >= 0.6 is 39.3 Å². The van der Waals surface area contributed by atoms with Crippen LogP contribution in [0.15, 0.2) is 52.1 Å². The van der Waals surface area contributed by atoms with E-state index in [0.717, 1.165) is 36.7 Å². The van der Waals surface area contributed by atoms with Crippen LogP contribution in [0.25, 0.3) is 10.9 Å². The second-order valence-corrected chi connectivity index (χ2v) is 6.91. The molecule has 0 amide bonds. The van der Waals surface area contributed by atoms with Crippen molar-refractivity contribution in [2.24, 2.45) is 0 Å². The van der Waals surface area contributed by atoms with Crippen molar-refractivity contribution in [2.45, 2.75) is 17.7 Å². The van der Waals surface area contributed by atoms with Gasteiger partial charge in [0, 0.05) is 22.4 Å². The normalized spacial score (nSPS) is 10.9. The molecule has 3 nitrogen and oxygen atoms in total. The smallest absolute Gasteiger partial charge is 0.229 e. The van der Waals surface area contributed by atoms with Gasteiger partial charge in [-0.1, -0.05) is 41.6 Å². The minimum atomic E-state index is 0.561. The van der Waals surface area contributed by atoms with E-state index in [1.165, 1.54) is 0 Å². The van der Waals surface area contributed by atoms with Crippen LogP contribution < -0.4 is 4.74 Å². The van der Waals surface area contributed by atoms with Gasteiger partial charge in [0.1, 0.15) is 10.5 Å². The van der Waals surface area contributed by atoms with Crippen molar-refractivity contribution < 1.29 is 4.74 Å². The van der Waals surface area contributed by atoms with Crippen molar-refractivity contribution in [3.05, 3.63) is 57.7 Å². The Balaban J connectivity index is 1.99. The minimum Gasteiger partial charge on any atom is -0.477 e. The highest BCUT2D eigenvalue weighted by Crippen LogP contribution is 2.37. The van der Waals surface area contributed by atoms with Crippen LogP contribution in [0.2, 0.25) is 5.02 Å². The molecule has 0 aliphatic rings. The van der Waals surface area contributed by atoms with Crippen molar-refractivity contribution in [3.63, 3.8) is 0 Å². The van der Waals surface area contributed by atoms with E-state index >= 15 is 0 Å². The number of halogens is 2. The summed E-state index contributed by atoms with van der Waals surface area (Å²) >= 11 is 11.4. The van der Waals surface area contributed by atoms with Crippen LogP contribution in [0.4, 0.5) is 0 Å². The summed E-state index contributed by atoms with van der Waals surface area (Å²) in [5.41, 5.74) is 1.94. The highest BCUT2D eigenvalue weighted by atomic mass is 79.9. The first-order chi connectivity index (χ1) is 11.2. The zero-order valence-corrected chi connectivity index (χ0v) is 15.6. The topological polar surface area (TPSA) is 35.0 Å². The summed E-state index contributed by atoms with van der Waals surface area (Å²) in [7, 11) is 0. The van der Waals surface area contributed by atoms with Crippen LogP contribution in [0.5, 0.6) is 5.88 Å². The van der Waals surface area contributed by atoms with Gasteiger partial charge in [0.05, 0.1) is 11.1 Å². The Labute approximate surface area is 152 Å². The fourth-order valence-electron chi connectivity index (χ4n) is 2.16. The predicted octanol–water partition coefficient (Wildman–Crippen LogP) is 5.74. The number of thioether (sulfide) groups is 1. The maximum atomic E-state index is 6.23. The van der Waals surface area contributed by atoms with Crippen molar-refractivity contribution in [1.82, 2.24) is 9.97 Å². The molecule has 0 aliphatic carbocycles. The van der Waals surface area contributed by atoms with E-state index < -0.39 is 0 Å². The Kier molecular flexibility index (Phi) is 5.41. The van der Waals surface area contributed by atoms with E-state index in [9.17, 15) is 0 Å². The first-order valence-corrected chi connectivity index (χ1v) is 9.29. The van der Waals surface area contributed by atoms with Crippen LogP contribution in [0.3, 0.4) is 0 Å². The molecule has 23 heavy (non-hydrogen) atoms. The summed E-state index contributed by atoms with van der Waals surface area (Å²) < 4.78 is 6.47. The summed E-state index contributed by atoms with van der Waals surface area (Å²) in [6.07, 6.45) is 1.77. The summed E-state index contributed by atoms with van der Waals surface area (Å²) in [5, 5.41) is 2.60. The lowest BCUT2D eigenvalue weighted by molar-refractivity contribution is 0.323. The third-order valence-corrected chi connectivity index (χ3v) is 5.39. The van der Waals surface area contributed by atoms with E-state index in [1.807, 2.05) is 43.3 Å². The van der Waals surface area contributed by atoms with Gasteiger partial charge < -0.3 is 4.74 Å². The van der Waals surface area contributed by atoms with Crippen molar-refractivity contribution >= 4 is 50.2 Å². The molecular formula is C17H14BrClN2OS. The van der Waals surface area contributed by atoms with Gasteiger partial charge >= 0.3 is 0 Å². The Morgan fingerprint density at radius 1 is 1.22 bits per heavy atom. The van der Waals surface area contributed by atoms with Crippen molar-refractivity contribution in [3.8, 4) is 5.88 Å². The number of hydrogen-bond acceptors (Lipinski definition) is 4. The Bertz CT molecular complexity index is 844. The SMILES string of the molecule is CCOc1nc(SCc2ccccc2Cl)c2ncccc2c1Br. The highest BCUT2D eigenvalue weighted by molar-refractivity contribution is 9.10. The predicted molar refractivity (Wildman–Crippen MR) is 99.4 cm³/mol. The number of pyridine rings is 2. The molecule has 3 rings (SSSR count). The average molecular weight is 410 g/mol. The second kappa shape index (κ2) is 7.51. The zero-order chi connectivity index (χ0) is 16.2. The van der Waals surface area contributed by atoms with E-state index in [4.69, 9.17) is 16.3 Å². The number of ether oxygens (including phenoxy) is 1. The fourth-order valence-corrected chi connectivity index (χ4v) is 3.95. The first-order valence-electron chi connectivity index (χ1n) is 7.14. The first kappa shape index (κ1) is 16.6. The molecule has 0 fully saturated rings. The van der Waals surface area contributed by atoms with Gasteiger partial charge in [0.25, 0.3) is 0 Å². The minimum absolute atomic E-state index is 0.561. The molecule has 1 aromatic carbocycles. The van der Waals surface area contributed by atoms with Gasteiger partial charge in [-0.3, -0.25) is 4.98 Å². The lowest BCUT2D eigenvalue weighted by Gasteiger charge is -2.11. The molecule has 0 bridgehead atoms. The second-order valence-electron chi connectivity index (χ2n) is 4.75. The number of hydrogen-bond donors (Lipinski definition) is 0. The number of fused-ring (bicyclic) bond motifs is 1. The number of aromatic nitrogens is 2. The molecule has 0 atom stereocenters. The molecule has 0 saturated heterocycles. The van der Waals surface area contributed by atoms with Crippen LogP contribution in [0.1, 0.15) is 12.5 Å². The summed E-state index contributed by atoms with van der Waals surface area (Å²) in [4.78, 5) is 9.10. The summed E-state index contributed by atoms with van der Waals surface area (Å²) in [5.74, 6) is 1.32. The van der Waals surface area contributed by atoms with Gasteiger partial charge in [0.15, 0.2) is 0 Å². The van der Waals surface area contributed by atoms with Crippen LogP contribution in [0, 0.1) is 0 Å². The third-order valence-electron chi connectivity index (χ3n) is 3.24. The summed E-state index contributed by atoms with van der Waals surface area (Å²) in [6, 6.07) is 11.8. The lowest BCUT2D eigenvalue weighted by Crippen LogP contribution is -1.99. The summed E-state index contributed by atoms with van der Waals surface area (Å²) in [6.45, 7) is 2.50. The highest BCUT2D eigenvalue weighted by Gasteiger charge is 2.14. The van der Waals surface area contributed by atoms with E-state index in [-0.39, 0.29) is 0 Å². The number of benzene rings is 1.